The second-order valence-corrected chi connectivity index (χ2v) is 8.39. The first-order valence-corrected chi connectivity index (χ1v) is 10.5. The van der Waals surface area contributed by atoms with Crippen molar-refractivity contribution in [2.24, 2.45) is 0 Å². The van der Waals surface area contributed by atoms with E-state index >= 15 is 0 Å². The van der Waals surface area contributed by atoms with Gasteiger partial charge in [-0.25, -0.2) is 4.79 Å². The van der Waals surface area contributed by atoms with Gasteiger partial charge in [-0.1, -0.05) is 17.7 Å². The number of amides is 2. The third-order valence-electron chi connectivity index (χ3n) is 5.07. The topological polar surface area (TPSA) is 55.8 Å². The molecule has 1 unspecified atom stereocenters. The molecule has 1 atom stereocenters. The summed E-state index contributed by atoms with van der Waals surface area (Å²) >= 11 is 7.97. The van der Waals surface area contributed by atoms with Crippen LogP contribution < -0.4 is 10.2 Å². The summed E-state index contributed by atoms with van der Waals surface area (Å²) < 4.78 is 0. The minimum Gasteiger partial charge on any atom is -0.508 e. The van der Waals surface area contributed by atoms with Crippen molar-refractivity contribution in [1.82, 2.24) is 10.2 Å². The zero-order valence-electron chi connectivity index (χ0n) is 14.9. The Labute approximate surface area is 168 Å². The number of aromatic hydroxyl groups is 1. The molecule has 142 valence electrons. The highest BCUT2D eigenvalue weighted by Gasteiger charge is 2.27. The molecule has 0 saturated carbocycles. The summed E-state index contributed by atoms with van der Waals surface area (Å²) in [5, 5.41) is 13.5. The van der Waals surface area contributed by atoms with E-state index in [2.05, 4.69) is 10.2 Å². The highest BCUT2D eigenvalue weighted by molar-refractivity contribution is 7.99. The number of nitrogens with zero attached hydrogens (tertiary/aromatic N) is 2. The van der Waals surface area contributed by atoms with E-state index < -0.39 is 0 Å². The lowest BCUT2D eigenvalue weighted by atomic mass is 10.0. The Morgan fingerprint density at radius 1 is 1.15 bits per heavy atom. The van der Waals surface area contributed by atoms with Crippen LogP contribution in [-0.4, -0.2) is 48.0 Å². The van der Waals surface area contributed by atoms with Crippen molar-refractivity contribution in [2.45, 2.75) is 17.4 Å². The minimum absolute atomic E-state index is 0.0107. The molecule has 27 heavy (non-hydrogen) atoms. The van der Waals surface area contributed by atoms with Crippen LogP contribution in [0.1, 0.15) is 18.0 Å². The van der Waals surface area contributed by atoms with Gasteiger partial charge in [-0.2, -0.15) is 0 Å². The summed E-state index contributed by atoms with van der Waals surface area (Å²) in [6.45, 7) is 2.82. The van der Waals surface area contributed by atoms with Gasteiger partial charge in [0.05, 0.1) is 6.04 Å². The summed E-state index contributed by atoms with van der Waals surface area (Å²) in [5.74, 6) is 1.25. The van der Waals surface area contributed by atoms with Crippen LogP contribution in [0.25, 0.3) is 0 Å². The molecule has 1 saturated heterocycles. The molecule has 2 aliphatic heterocycles. The number of carbonyl (C=O) groups is 1. The maximum atomic E-state index is 12.8. The lowest BCUT2D eigenvalue weighted by Gasteiger charge is -2.37. The van der Waals surface area contributed by atoms with E-state index in [0.29, 0.717) is 18.1 Å². The number of phenols is 1. The maximum Gasteiger partial charge on any atom is 0.318 e. The van der Waals surface area contributed by atoms with Crippen LogP contribution in [0.5, 0.6) is 5.75 Å². The number of benzene rings is 2. The number of anilines is 1. The van der Waals surface area contributed by atoms with Gasteiger partial charge in [0.25, 0.3) is 0 Å². The van der Waals surface area contributed by atoms with Gasteiger partial charge in [0.1, 0.15) is 5.75 Å². The number of thioether (sulfide) groups is 1. The van der Waals surface area contributed by atoms with Gasteiger partial charge in [0, 0.05) is 53.6 Å². The number of hydrogen-bond acceptors (Lipinski definition) is 4. The highest BCUT2D eigenvalue weighted by Crippen LogP contribution is 2.37. The first-order valence-electron chi connectivity index (χ1n) is 9.12. The van der Waals surface area contributed by atoms with Gasteiger partial charge in [0.2, 0.25) is 0 Å². The van der Waals surface area contributed by atoms with Crippen molar-refractivity contribution in [2.75, 3.05) is 36.8 Å². The summed E-state index contributed by atoms with van der Waals surface area (Å²) in [4.78, 5) is 18.0. The molecule has 0 aromatic heterocycles. The number of rotatable bonds is 2. The van der Waals surface area contributed by atoms with Crippen LogP contribution in [-0.2, 0) is 0 Å². The maximum absolute atomic E-state index is 12.8. The van der Waals surface area contributed by atoms with Crippen molar-refractivity contribution in [1.29, 1.82) is 0 Å². The number of carbonyl (C=O) groups excluding carboxylic acids is 1. The van der Waals surface area contributed by atoms with E-state index in [-0.39, 0.29) is 17.8 Å². The van der Waals surface area contributed by atoms with E-state index in [1.165, 1.54) is 4.90 Å². The zero-order valence-corrected chi connectivity index (χ0v) is 16.5. The average molecular weight is 404 g/mol. The van der Waals surface area contributed by atoms with E-state index in [4.69, 9.17) is 11.6 Å². The largest absolute Gasteiger partial charge is 0.508 e. The molecule has 2 aromatic rings. The molecule has 2 heterocycles. The first-order chi connectivity index (χ1) is 13.1. The summed E-state index contributed by atoms with van der Waals surface area (Å²) in [6, 6.07) is 13.1. The molecule has 2 aliphatic rings. The molecule has 4 rings (SSSR count). The highest BCUT2D eigenvalue weighted by atomic mass is 35.5. The molecule has 2 aromatic carbocycles. The summed E-state index contributed by atoms with van der Waals surface area (Å²) in [7, 11) is 0. The second-order valence-electron chi connectivity index (χ2n) is 6.82. The number of hydrogen-bond donors (Lipinski definition) is 2. The second kappa shape index (κ2) is 7.90. The molecule has 2 N–H and O–H groups in total. The monoisotopic (exact) mass is 403 g/mol. The van der Waals surface area contributed by atoms with E-state index in [1.807, 2.05) is 47.0 Å². The quantitative estimate of drug-likeness (QED) is 0.792. The Morgan fingerprint density at radius 2 is 1.96 bits per heavy atom. The van der Waals surface area contributed by atoms with Crippen molar-refractivity contribution < 1.29 is 9.90 Å². The van der Waals surface area contributed by atoms with Gasteiger partial charge in [-0.3, -0.25) is 0 Å². The molecule has 5 nitrogen and oxygen atoms in total. The van der Waals surface area contributed by atoms with Crippen LogP contribution in [0.2, 0.25) is 5.02 Å². The fourth-order valence-electron chi connectivity index (χ4n) is 3.61. The van der Waals surface area contributed by atoms with E-state index in [0.717, 1.165) is 36.5 Å². The molecule has 0 bridgehead atoms. The third-order valence-corrected chi connectivity index (χ3v) is 6.43. The van der Waals surface area contributed by atoms with Gasteiger partial charge < -0.3 is 20.2 Å². The minimum atomic E-state index is -0.0200. The number of phenolic OH excluding ortho intramolecular Hbond substituents is 1. The lowest BCUT2D eigenvalue weighted by Crippen LogP contribution is -2.52. The Morgan fingerprint density at radius 3 is 2.74 bits per heavy atom. The van der Waals surface area contributed by atoms with Crippen LogP contribution >= 0.6 is 23.4 Å². The number of halogens is 1. The van der Waals surface area contributed by atoms with Crippen molar-refractivity contribution in [3.63, 3.8) is 0 Å². The standard InChI is InChI=1S/C20H22ClN3O2S/c21-14-4-5-19-17(12-14)18(6-11-27-19)22-20(26)24-9-7-23(8-10-24)15-2-1-3-16(25)13-15/h1-5,12-13,18,25H,6-11H2,(H,22,26). The Hall–Kier alpha value is -2.05. The van der Waals surface area contributed by atoms with Crippen LogP contribution in [0.4, 0.5) is 10.5 Å². The molecule has 1 fully saturated rings. The van der Waals surface area contributed by atoms with Crippen LogP contribution in [0, 0.1) is 0 Å². The van der Waals surface area contributed by atoms with Gasteiger partial charge in [-0.05, 0) is 42.3 Å². The fraction of sp³-hybridized carbons (Fsp3) is 0.350. The van der Waals surface area contributed by atoms with E-state index in [1.54, 1.807) is 12.1 Å². The predicted molar refractivity (Wildman–Crippen MR) is 110 cm³/mol. The molecule has 2 amide bonds. The van der Waals surface area contributed by atoms with Gasteiger partial charge in [0.15, 0.2) is 0 Å². The zero-order chi connectivity index (χ0) is 18.8. The van der Waals surface area contributed by atoms with Crippen molar-refractivity contribution in [3.8, 4) is 5.75 Å². The average Bonchev–Trinajstić information content (AvgIpc) is 2.68. The summed E-state index contributed by atoms with van der Waals surface area (Å²) in [6.07, 6.45) is 0.910. The molecule has 7 heteroatoms. The van der Waals surface area contributed by atoms with E-state index in [9.17, 15) is 9.90 Å². The third kappa shape index (κ3) is 4.12. The fourth-order valence-corrected chi connectivity index (χ4v) is 4.90. The lowest BCUT2D eigenvalue weighted by molar-refractivity contribution is 0.189. The Bertz CT molecular complexity index is 840. The molecule has 0 aliphatic carbocycles. The normalized spacial score (nSPS) is 19.5. The van der Waals surface area contributed by atoms with Crippen molar-refractivity contribution in [3.05, 3.63) is 53.1 Å². The van der Waals surface area contributed by atoms with Gasteiger partial charge >= 0.3 is 6.03 Å². The van der Waals surface area contributed by atoms with Gasteiger partial charge in [-0.15, -0.1) is 11.8 Å². The predicted octanol–water partition coefficient (Wildman–Crippen LogP) is 4.11. The number of nitrogens with one attached hydrogen (secondary N) is 1. The smallest absolute Gasteiger partial charge is 0.318 e. The molecule has 0 spiro atoms. The summed E-state index contributed by atoms with van der Waals surface area (Å²) in [5.41, 5.74) is 2.11. The van der Waals surface area contributed by atoms with Crippen LogP contribution in [0.15, 0.2) is 47.4 Å². The van der Waals surface area contributed by atoms with Crippen molar-refractivity contribution >= 4 is 35.1 Å². The SMILES string of the molecule is O=C(NC1CCSc2ccc(Cl)cc21)N1CCN(c2cccc(O)c2)CC1. The number of piperazine rings is 1. The molecule has 0 radical (unpaired) electrons. The number of urea groups is 1. The first kappa shape index (κ1) is 18.3. The Balaban J connectivity index is 1.37. The molecular weight excluding hydrogens is 382 g/mol. The van der Waals surface area contributed by atoms with Crippen LogP contribution in [0.3, 0.4) is 0 Å². The Kier molecular flexibility index (Phi) is 5.36. The number of fused-ring (bicyclic) bond motifs is 1. The molecular formula is C20H22ClN3O2S.